The smallest absolute Gasteiger partial charge is 0.303 e. The van der Waals surface area contributed by atoms with Gasteiger partial charge in [0.05, 0.1) is 22.9 Å². The van der Waals surface area contributed by atoms with E-state index in [1.807, 2.05) is 44.2 Å². The summed E-state index contributed by atoms with van der Waals surface area (Å²) in [5.41, 5.74) is 15.6. The van der Waals surface area contributed by atoms with Gasteiger partial charge in [0.25, 0.3) is 0 Å². The fraction of sp³-hybridized carbons (Fsp3) is 0.600. The number of carbonyl (C=O) groups excluding carboxylic acids is 5. The normalized spacial score (nSPS) is 29.9. The van der Waals surface area contributed by atoms with Crippen molar-refractivity contribution in [2.75, 3.05) is 10.6 Å². The van der Waals surface area contributed by atoms with Crippen LogP contribution in [0.2, 0.25) is 0 Å². The van der Waals surface area contributed by atoms with Crippen LogP contribution in [0.5, 0.6) is 0 Å². The van der Waals surface area contributed by atoms with Gasteiger partial charge >= 0.3 is 5.97 Å². The summed E-state index contributed by atoms with van der Waals surface area (Å²) in [6, 6.07) is 10.1. The zero-order valence-corrected chi connectivity index (χ0v) is 34.2. The number of hydrogen-bond donors (Lipinski definition) is 6. The van der Waals surface area contributed by atoms with E-state index in [1.54, 1.807) is 0 Å². The van der Waals surface area contributed by atoms with Crippen molar-refractivity contribution in [3.63, 3.8) is 0 Å². The highest BCUT2D eigenvalue weighted by atomic mass is 16.4. The van der Waals surface area contributed by atoms with Crippen LogP contribution in [0.15, 0.2) is 36.4 Å². The first-order chi connectivity index (χ1) is 26.8. The molecule has 2 fully saturated rings. The van der Waals surface area contributed by atoms with Crippen LogP contribution in [0.1, 0.15) is 134 Å². The summed E-state index contributed by atoms with van der Waals surface area (Å²) in [7, 11) is 0. The molecule has 2 saturated carbocycles. The van der Waals surface area contributed by atoms with E-state index in [0.717, 1.165) is 62.5 Å². The number of carboxylic acids is 1. The summed E-state index contributed by atoms with van der Waals surface area (Å²) < 4.78 is 0. The van der Waals surface area contributed by atoms with E-state index in [-0.39, 0.29) is 71.9 Å². The summed E-state index contributed by atoms with van der Waals surface area (Å²) in [6.07, 6.45) is 8.20. The Balaban J connectivity index is 1.19. The Morgan fingerprint density at radius 3 is 1.51 bits per heavy atom. The molecule has 6 rings (SSSR count). The molecular weight excluding hydrogens is 723 g/mol. The lowest BCUT2D eigenvalue weighted by molar-refractivity contribution is -0.150. The number of fused-ring (bicyclic) bond motifs is 6. The molecule has 8 N–H and O–H groups in total. The molecule has 12 nitrogen and oxygen atoms in total. The molecule has 12 heteroatoms. The van der Waals surface area contributed by atoms with Crippen LogP contribution in [0.3, 0.4) is 0 Å². The van der Waals surface area contributed by atoms with Crippen LogP contribution in [0, 0.1) is 22.7 Å². The minimum absolute atomic E-state index is 0.0130. The summed E-state index contributed by atoms with van der Waals surface area (Å²) in [6.45, 7) is 9.95. The topological polar surface area (TPSA) is 211 Å². The van der Waals surface area contributed by atoms with E-state index in [1.165, 1.54) is 18.1 Å². The van der Waals surface area contributed by atoms with E-state index in [9.17, 15) is 28.8 Å². The zero-order valence-electron chi connectivity index (χ0n) is 34.2. The zero-order chi connectivity index (χ0) is 41.5. The van der Waals surface area contributed by atoms with Gasteiger partial charge in [-0.2, -0.15) is 0 Å². The van der Waals surface area contributed by atoms with Crippen molar-refractivity contribution in [1.29, 1.82) is 0 Å². The van der Waals surface area contributed by atoms with E-state index in [0.29, 0.717) is 24.2 Å². The molecule has 0 bridgehead atoms. The van der Waals surface area contributed by atoms with E-state index in [4.69, 9.17) is 16.6 Å². The molecule has 8 atom stereocenters. The number of nitrogens with two attached hydrogens (primary N) is 2. The van der Waals surface area contributed by atoms with Gasteiger partial charge in [0.1, 0.15) is 5.78 Å². The lowest BCUT2D eigenvalue weighted by Crippen LogP contribution is -2.60. The molecule has 0 radical (unpaired) electrons. The van der Waals surface area contributed by atoms with Crippen LogP contribution in [-0.4, -0.2) is 52.6 Å². The van der Waals surface area contributed by atoms with Gasteiger partial charge in [-0.1, -0.05) is 52.7 Å². The average molecular weight is 784 g/mol. The Morgan fingerprint density at radius 1 is 0.684 bits per heavy atom. The highest BCUT2D eigenvalue weighted by molar-refractivity contribution is 6.01. The molecule has 4 aliphatic carbocycles. The van der Waals surface area contributed by atoms with Gasteiger partial charge in [-0.25, -0.2) is 0 Å². The van der Waals surface area contributed by atoms with Crippen LogP contribution < -0.4 is 27.4 Å². The molecule has 2 aromatic carbocycles. The minimum Gasteiger partial charge on any atom is -0.481 e. The number of rotatable bonds is 12. The molecule has 0 saturated heterocycles. The summed E-state index contributed by atoms with van der Waals surface area (Å²) >= 11 is 0. The molecule has 0 spiro atoms. The highest BCUT2D eigenvalue weighted by Gasteiger charge is 2.58. The molecule has 0 unspecified atom stereocenters. The molecule has 4 amide bonds. The molecule has 308 valence electrons. The lowest BCUT2D eigenvalue weighted by atomic mass is 9.49. The second kappa shape index (κ2) is 16.1. The number of imide groups is 1. The first-order valence-corrected chi connectivity index (χ1v) is 20.8. The SMILES string of the molecule is CC(=O)CC[C@H](N)C(=O)Nc1ccc2c(c1)[C@@]1(C)CCC[C@](C)(C(=O)NC(=O)[C@@]3(C)CCC[C@]4(C)c5cc(NC(=O)[C@@H](N)CCC(=O)O)ccc5CC[C@@H]34)[C@@H]1CC2. The number of hydrogen-bond acceptors (Lipinski definition) is 8. The molecule has 0 aromatic heterocycles. The number of carboxylic acid groups (broad SMARTS) is 1. The third-order valence-corrected chi connectivity index (χ3v) is 14.7. The first-order valence-electron chi connectivity index (χ1n) is 20.8. The Labute approximate surface area is 336 Å². The monoisotopic (exact) mass is 783 g/mol. The van der Waals surface area contributed by atoms with Gasteiger partial charge in [-0.15, -0.1) is 0 Å². The number of ketones is 1. The maximum Gasteiger partial charge on any atom is 0.303 e. The van der Waals surface area contributed by atoms with Crippen molar-refractivity contribution < 1.29 is 33.9 Å². The van der Waals surface area contributed by atoms with Crippen LogP contribution in [0.25, 0.3) is 0 Å². The standard InChI is InChI=1S/C45H61N5O7/c1-26(51)8-15-33(46)38(54)48-29-13-9-27-11-17-35-42(2,31(27)24-29)20-6-22-44(35,4)40(56)50-41(57)45(5)23-7-21-43(3)32-25-30(14-10-28(32)12-18-36(43)45)49-39(55)34(47)16-19-37(52)53/h9-10,13-14,24-25,33-36H,6-8,11-12,15-23,46-47H2,1-5H3,(H,48,54)(H,49,55)(H,52,53)(H,50,56,57)/t33-,34-,35+,36+,42+,43+,44-,45-/m0/s1. The van der Waals surface area contributed by atoms with Crippen LogP contribution in [-0.2, 0) is 52.4 Å². The first kappa shape index (κ1) is 42.2. The quantitative estimate of drug-likeness (QED) is 0.143. The molecule has 57 heavy (non-hydrogen) atoms. The average Bonchev–Trinajstić information content (AvgIpc) is 3.16. The number of amides is 4. The summed E-state index contributed by atoms with van der Waals surface area (Å²) in [4.78, 5) is 77.5. The molecule has 4 aliphatic rings. The van der Waals surface area contributed by atoms with Crippen LogP contribution >= 0.6 is 0 Å². The second-order valence-corrected chi connectivity index (χ2v) is 18.5. The van der Waals surface area contributed by atoms with Crippen molar-refractivity contribution >= 4 is 46.8 Å². The summed E-state index contributed by atoms with van der Waals surface area (Å²) in [5.74, 6) is -2.32. The molecular formula is C45H61N5O7. The third-order valence-electron chi connectivity index (χ3n) is 14.7. The maximum absolute atomic E-state index is 14.6. The van der Waals surface area contributed by atoms with E-state index in [2.05, 4.69) is 35.9 Å². The highest BCUT2D eigenvalue weighted by Crippen LogP contribution is 2.59. The van der Waals surface area contributed by atoms with Crippen LogP contribution in [0.4, 0.5) is 11.4 Å². The van der Waals surface area contributed by atoms with Gasteiger partial charge in [-0.3, -0.25) is 29.3 Å². The summed E-state index contributed by atoms with van der Waals surface area (Å²) in [5, 5.41) is 17.8. The number of carbonyl (C=O) groups is 6. The number of nitrogens with one attached hydrogen (secondary N) is 3. The number of benzene rings is 2. The second-order valence-electron chi connectivity index (χ2n) is 18.5. The predicted octanol–water partition coefficient (Wildman–Crippen LogP) is 5.82. The number of aryl methyl sites for hydroxylation is 2. The Bertz CT molecular complexity index is 1830. The van der Waals surface area contributed by atoms with Crippen molar-refractivity contribution in [2.45, 2.75) is 147 Å². The van der Waals surface area contributed by atoms with E-state index >= 15 is 0 Å². The Kier molecular flexibility index (Phi) is 11.9. The minimum atomic E-state index is -1.01. The number of aliphatic carboxylic acids is 1. The lowest BCUT2D eigenvalue weighted by Gasteiger charge is -2.56. The fourth-order valence-corrected chi connectivity index (χ4v) is 11.4. The number of anilines is 2. The van der Waals surface area contributed by atoms with Gasteiger partial charge in [0.15, 0.2) is 0 Å². The molecule has 2 aromatic rings. The maximum atomic E-state index is 14.6. The van der Waals surface area contributed by atoms with Crippen molar-refractivity contribution in [1.82, 2.24) is 5.32 Å². The Morgan fingerprint density at radius 2 is 1.11 bits per heavy atom. The van der Waals surface area contributed by atoms with Crippen molar-refractivity contribution in [2.24, 2.45) is 34.1 Å². The van der Waals surface area contributed by atoms with Crippen molar-refractivity contribution in [3.8, 4) is 0 Å². The third kappa shape index (κ3) is 8.04. The van der Waals surface area contributed by atoms with Gasteiger partial charge < -0.3 is 32.0 Å². The molecule has 0 heterocycles. The predicted molar refractivity (Wildman–Crippen MR) is 218 cm³/mol. The Hall–Kier alpha value is -4.42. The molecule has 0 aliphatic heterocycles. The van der Waals surface area contributed by atoms with Crippen molar-refractivity contribution in [3.05, 3.63) is 58.7 Å². The number of Topliss-reactive ketones (excluding diaryl/α,β-unsaturated/α-hetero) is 1. The van der Waals surface area contributed by atoms with E-state index < -0.39 is 34.8 Å². The van der Waals surface area contributed by atoms with Gasteiger partial charge in [0, 0.05) is 24.2 Å². The van der Waals surface area contributed by atoms with Gasteiger partial charge in [0.2, 0.25) is 23.6 Å². The fourth-order valence-electron chi connectivity index (χ4n) is 11.4. The largest absolute Gasteiger partial charge is 0.481 e. The van der Waals surface area contributed by atoms with Gasteiger partial charge in [-0.05, 0) is 140 Å².